The number of carbonyl (C=O) groups is 1. The third-order valence-corrected chi connectivity index (χ3v) is 2.99. The lowest BCUT2D eigenvalue weighted by Gasteiger charge is -2.00. The van der Waals surface area contributed by atoms with E-state index >= 15 is 0 Å². The summed E-state index contributed by atoms with van der Waals surface area (Å²) in [4.78, 5) is 11.2. The molecule has 0 unspecified atom stereocenters. The van der Waals surface area contributed by atoms with Crippen molar-refractivity contribution >= 4 is 17.1 Å². The van der Waals surface area contributed by atoms with E-state index in [1.807, 2.05) is 41.4 Å². The maximum atomic E-state index is 11.2. The van der Waals surface area contributed by atoms with Gasteiger partial charge >= 0.3 is 6.03 Å². The van der Waals surface area contributed by atoms with Crippen molar-refractivity contribution in [3.63, 3.8) is 0 Å². The van der Waals surface area contributed by atoms with Gasteiger partial charge in [0.15, 0.2) is 0 Å². The van der Waals surface area contributed by atoms with Crippen molar-refractivity contribution in [3.8, 4) is 5.75 Å². The molecule has 0 aliphatic rings. The Balaban J connectivity index is 2.59. The van der Waals surface area contributed by atoms with Crippen molar-refractivity contribution in [1.29, 1.82) is 0 Å². The second kappa shape index (κ2) is 5.05. The van der Waals surface area contributed by atoms with E-state index in [0.717, 1.165) is 16.8 Å². The highest BCUT2D eigenvalue weighted by atomic mass is 16.5. The van der Waals surface area contributed by atoms with Crippen molar-refractivity contribution in [3.05, 3.63) is 23.8 Å². The van der Waals surface area contributed by atoms with E-state index in [2.05, 4.69) is 15.8 Å². The minimum absolute atomic E-state index is 0.358. The summed E-state index contributed by atoms with van der Waals surface area (Å²) in [6, 6.07) is 5.41. The quantitative estimate of drug-likeness (QED) is 0.763. The number of benzene rings is 1. The zero-order chi connectivity index (χ0) is 14.0. The fraction of sp³-hybridized carbons (Fsp3) is 0.333. The molecule has 0 aliphatic heterocycles. The number of hydrogen-bond acceptors (Lipinski definition) is 3. The Kier molecular flexibility index (Phi) is 3.46. The summed E-state index contributed by atoms with van der Waals surface area (Å²) >= 11 is 0. The number of fused-ring (bicyclic) bond motifs is 1. The van der Waals surface area contributed by atoms with Gasteiger partial charge in [0.1, 0.15) is 5.75 Å². The largest absolute Gasteiger partial charge is 0.497 e. The fourth-order valence-corrected chi connectivity index (χ4v) is 1.93. The molecule has 1 aromatic heterocycles. The molecule has 0 radical (unpaired) electrons. The summed E-state index contributed by atoms with van der Waals surface area (Å²) in [5.41, 5.74) is 5.03. The van der Waals surface area contributed by atoms with Gasteiger partial charge in [0.25, 0.3) is 0 Å². The molecule has 7 heteroatoms. The van der Waals surface area contributed by atoms with Gasteiger partial charge in [-0.05, 0) is 12.1 Å². The van der Waals surface area contributed by atoms with E-state index in [9.17, 15) is 4.79 Å². The lowest BCUT2D eigenvalue weighted by molar-refractivity contribution is 0.242. The van der Waals surface area contributed by atoms with Crippen LogP contribution in [0.15, 0.2) is 23.3 Å². The molecule has 7 nitrogen and oxygen atoms in total. The molecule has 0 atom stereocenters. The molecule has 2 N–H and O–H groups in total. The number of urea groups is 1. The standard InChI is InChI=1S/C12H17N5O2/c1-13-11(18)14-15-12-16(2)9-6-5-8(19-4)7-10(9)17(12)3/h5-7H,1-4H3,(H2,13,14,18)/b15-12+. The van der Waals surface area contributed by atoms with Crippen LogP contribution in [0.25, 0.3) is 11.0 Å². The number of rotatable bonds is 2. The van der Waals surface area contributed by atoms with Crippen LogP contribution < -0.4 is 21.1 Å². The van der Waals surface area contributed by atoms with E-state index in [-0.39, 0.29) is 6.03 Å². The van der Waals surface area contributed by atoms with E-state index < -0.39 is 0 Å². The average molecular weight is 263 g/mol. The molecular weight excluding hydrogens is 246 g/mol. The number of aryl methyl sites for hydroxylation is 2. The number of ether oxygens (including phenoxy) is 1. The highest BCUT2D eigenvalue weighted by Gasteiger charge is 2.07. The van der Waals surface area contributed by atoms with Gasteiger partial charge in [-0.3, -0.25) is 0 Å². The molecule has 0 fully saturated rings. The highest BCUT2D eigenvalue weighted by molar-refractivity contribution is 5.77. The van der Waals surface area contributed by atoms with Crippen molar-refractivity contribution in [2.24, 2.45) is 19.2 Å². The van der Waals surface area contributed by atoms with Crippen LogP contribution in [0.5, 0.6) is 5.75 Å². The fourth-order valence-electron chi connectivity index (χ4n) is 1.93. The predicted molar refractivity (Wildman–Crippen MR) is 71.6 cm³/mol. The van der Waals surface area contributed by atoms with Crippen LogP contribution >= 0.6 is 0 Å². The van der Waals surface area contributed by atoms with Crippen molar-refractivity contribution in [2.45, 2.75) is 0 Å². The van der Waals surface area contributed by atoms with E-state index in [1.54, 1.807) is 7.11 Å². The molecular formula is C12H17N5O2. The molecule has 0 aliphatic carbocycles. The van der Waals surface area contributed by atoms with Gasteiger partial charge < -0.3 is 19.2 Å². The maximum absolute atomic E-state index is 11.2. The summed E-state index contributed by atoms with van der Waals surface area (Å²) in [5, 5.41) is 6.54. The first-order valence-corrected chi connectivity index (χ1v) is 5.79. The number of amides is 2. The van der Waals surface area contributed by atoms with Crippen LogP contribution in [0.3, 0.4) is 0 Å². The first-order chi connectivity index (χ1) is 9.08. The van der Waals surface area contributed by atoms with Crippen LogP contribution in [-0.2, 0) is 14.1 Å². The average Bonchev–Trinajstić information content (AvgIpc) is 2.68. The lowest BCUT2D eigenvalue weighted by atomic mass is 10.3. The molecule has 0 saturated heterocycles. The van der Waals surface area contributed by atoms with Crippen LogP contribution in [0, 0.1) is 0 Å². The Hall–Kier alpha value is -2.44. The summed E-state index contributed by atoms with van der Waals surface area (Å²) in [5.74, 6) is 0.777. The number of methoxy groups -OCH3 is 1. The third kappa shape index (κ3) is 2.26. The first-order valence-electron chi connectivity index (χ1n) is 5.79. The summed E-state index contributed by atoms with van der Waals surface area (Å²) in [7, 11) is 6.94. The zero-order valence-corrected chi connectivity index (χ0v) is 11.4. The molecule has 19 heavy (non-hydrogen) atoms. The molecule has 0 spiro atoms. The summed E-state index contributed by atoms with van der Waals surface area (Å²) in [6.07, 6.45) is 0. The molecule has 0 bridgehead atoms. The Bertz CT molecular complexity index is 683. The number of nitrogens with one attached hydrogen (secondary N) is 2. The normalized spacial score (nSPS) is 11.7. The molecule has 102 valence electrons. The number of carbonyl (C=O) groups excluding carboxylic acids is 1. The molecule has 2 aromatic rings. The molecule has 1 heterocycles. The predicted octanol–water partition coefficient (Wildman–Crippen LogP) is 0.270. The Labute approximate surface area is 110 Å². The molecule has 1 aromatic carbocycles. The van der Waals surface area contributed by atoms with Crippen molar-refractivity contribution < 1.29 is 9.53 Å². The van der Waals surface area contributed by atoms with Gasteiger partial charge in [0, 0.05) is 27.2 Å². The van der Waals surface area contributed by atoms with Crippen LogP contribution in [0.4, 0.5) is 4.79 Å². The number of aromatic nitrogens is 2. The van der Waals surface area contributed by atoms with Crippen LogP contribution in [0.1, 0.15) is 0 Å². The first kappa shape index (κ1) is 13.0. The molecule has 0 saturated carbocycles. The van der Waals surface area contributed by atoms with Gasteiger partial charge in [-0.15, -0.1) is 5.10 Å². The maximum Gasteiger partial charge on any atom is 0.335 e. The van der Waals surface area contributed by atoms with Crippen LogP contribution in [0.2, 0.25) is 0 Å². The van der Waals surface area contributed by atoms with Gasteiger partial charge in [-0.2, -0.15) is 0 Å². The number of hydrogen-bond donors (Lipinski definition) is 2. The second-order valence-electron chi connectivity index (χ2n) is 4.08. The smallest absolute Gasteiger partial charge is 0.335 e. The van der Waals surface area contributed by atoms with Gasteiger partial charge in [0.2, 0.25) is 5.62 Å². The Morgan fingerprint density at radius 1 is 1.26 bits per heavy atom. The van der Waals surface area contributed by atoms with Crippen molar-refractivity contribution in [2.75, 3.05) is 14.2 Å². The van der Waals surface area contributed by atoms with E-state index in [1.165, 1.54) is 7.05 Å². The summed E-state index contributed by atoms with van der Waals surface area (Å²) < 4.78 is 8.99. The van der Waals surface area contributed by atoms with Gasteiger partial charge in [-0.25, -0.2) is 10.2 Å². The second-order valence-corrected chi connectivity index (χ2v) is 4.08. The minimum Gasteiger partial charge on any atom is -0.497 e. The summed E-state index contributed by atoms with van der Waals surface area (Å²) in [6.45, 7) is 0. The van der Waals surface area contributed by atoms with E-state index in [0.29, 0.717) is 5.62 Å². The number of imidazole rings is 1. The van der Waals surface area contributed by atoms with Crippen molar-refractivity contribution in [1.82, 2.24) is 19.9 Å². The van der Waals surface area contributed by atoms with Gasteiger partial charge in [0.05, 0.1) is 18.1 Å². The number of nitrogens with zero attached hydrogens (tertiary/aromatic N) is 3. The topological polar surface area (TPSA) is 72.6 Å². The monoisotopic (exact) mass is 263 g/mol. The molecule has 2 amide bonds. The minimum atomic E-state index is -0.358. The lowest BCUT2D eigenvalue weighted by Crippen LogP contribution is -2.33. The Morgan fingerprint density at radius 3 is 2.58 bits per heavy atom. The van der Waals surface area contributed by atoms with E-state index in [4.69, 9.17) is 4.74 Å². The zero-order valence-electron chi connectivity index (χ0n) is 11.4. The highest BCUT2D eigenvalue weighted by Crippen LogP contribution is 2.18. The van der Waals surface area contributed by atoms with Crippen LogP contribution in [-0.4, -0.2) is 29.3 Å². The molecule has 2 rings (SSSR count). The SMILES string of the molecule is CNC(=O)N/N=c1\n(C)c2ccc(OC)cc2n1C. The van der Waals surface area contributed by atoms with Gasteiger partial charge in [-0.1, -0.05) is 0 Å². The third-order valence-electron chi connectivity index (χ3n) is 2.99. The Morgan fingerprint density at radius 2 is 1.95 bits per heavy atom.